The van der Waals surface area contributed by atoms with E-state index in [1.807, 2.05) is 27.2 Å². The fourth-order valence-electron chi connectivity index (χ4n) is 4.28. The second-order valence-electron chi connectivity index (χ2n) is 12.8. The molecular formula is C37H67N2O6P. The largest absolute Gasteiger partial charge is 0.756 e. The van der Waals surface area contributed by atoms with Gasteiger partial charge in [0.15, 0.2) is 0 Å². The second kappa shape index (κ2) is 29.3. The standard InChI is InChI=1S/C37H67N2O6P/c1-6-8-10-12-14-16-18-19-21-23-25-27-29-31-37(41)38-35(34-45-46(42,43)44-33-32-39(3,4)5)36(40)30-28-26-24-22-20-17-15-13-11-9-7-2/h10-13,16,18,20,22,28,30,35-36,40H,6-9,14-15,17,19,21,23-27,29,31-34H2,1-5H3,(H-,38,41,42,43)/b12-10-,13-11+,18-16-,22-20+,30-28+. The maximum atomic E-state index is 12.7. The van der Waals surface area contributed by atoms with E-state index >= 15 is 0 Å². The van der Waals surface area contributed by atoms with E-state index in [-0.39, 0.29) is 12.5 Å². The van der Waals surface area contributed by atoms with Crippen LogP contribution in [-0.4, -0.2) is 68.5 Å². The summed E-state index contributed by atoms with van der Waals surface area (Å²) in [6.07, 6.45) is 35.5. The van der Waals surface area contributed by atoms with Crippen LogP contribution in [0.4, 0.5) is 0 Å². The number of likely N-dealkylation sites (N-methyl/N-ethyl adjacent to an activating group) is 1. The molecule has 8 nitrogen and oxygen atoms in total. The number of rotatable bonds is 30. The van der Waals surface area contributed by atoms with Crippen molar-refractivity contribution in [2.45, 2.75) is 129 Å². The predicted octanol–water partition coefficient (Wildman–Crippen LogP) is 8.10. The first-order valence-corrected chi connectivity index (χ1v) is 19.1. The average Bonchev–Trinajstić information content (AvgIpc) is 2.99. The molecule has 46 heavy (non-hydrogen) atoms. The van der Waals surface area contributed by atoms with Crippen LogP contribution >= 0.6 is 7.82 Å². The number of phosphoric acid groups is 1. The van der Waals surface area contributed by atoms with Crippen LogP contribution in [0, 0.1) is 0 Å². The molecule has 266 valence electrons. The summed E-state index contributed by atoms with van der Waals surface area (Å²) in [5.41, 5.74) is 0. The Morgan fingerprint density at radius 2 is 1.28 bits per heavy atom. The number of unbranched alkanes of at least 4 members (excludes halogenated alkanes) is 9. The lowest BCUT2D eigenvalue weighted by Crippen LogP contribution is -2.45. The van der Waals surface area contributed by atoms with Crippen molar-refractivity contribution in [3.8, 4) is 0 Å². The summed E-state index contributed by atoms with van der Waals surface area (Å²) in [6.45, 7) is 4.41. The lowest BCUT2D eigenvalue weighted by Gasteiger charge is -2.29. The van der Waals surface area contributed by atoms with Crippen LogP contribution in [0.2, 0.25) is 0 Å². The third kappa shape index (κ3) is 30.8. The van der Waals surface area contributed by atoms with E-state index in [2.05, 4.69) is 67.8 Å². The van der Waals surface area contributed by atoms with Crippen molar-refractivity contribution >= 4 is 13.7 Å². The molecule has 0 aliphatic heterocycles. The monoisotopic (exact) mass is 666 g/mol. The fraction of sp³-hybridized carbons (Fsp3) is 0.703. The number of nitrogens with one attached hydrogen (secondary N) is 1. The highest BCUT2D eigenvalue weighted by molar-refractivity contribution is 7.45. The number of amides is 1. The number of quaternary nitrogens is 1. The fourth-order valence-corrected chi connectivity index (χ4v) is 5.01. The number of phosphoric ester groups is 1. The third-order valence-electron chi connectivity index (χ3n) is 7.14. The molecule has 0 saturated heterocycles. The molecule has 0 aliphatic carbocycles. The summed E-state index contributed by atoms with van der Waals surface area (Å²) in [5, 5.41) is 13.6. The van der Waals surface area contributed by atoms with Gasteiger partial charge < -0.3 is 28.8 Å². The van der Waals surface area contributed by atoms with Gasteiger partial charge in [-0.25, -0.2) is 0 Å². The maximum absolute atomic E-state index is 12.7. The zero-order valence-corrected chi connectivity index (χ0v) is 30.6. The zero-order valence-electron chi connectivity index (χ0n) is 29.7. The summed E-state index contributed by atoms with van der Waals surface area (Å²) >= 11 is 0. The van der Waals surface area contributed by atoms with Crippen LogP contribution in [0.1, 0.15) is 117 Å². The minimum absolute atomic E-state index is 0.0149. The first kappa shape index (κ1) is 44.2. The Morgan fingerprint density at radius 1 is 0.761 bits per heavy atom. The molecule has 0 aromatic carbocycles. The minimum Gasteiger partial charge on any atom is -0.756 e. The summed E-state index contributed by atoms with van der Waals surface area (Å²) in [5.74, 6) is -0.234. The smallest absolute Gasteiger partial charge is 0.268 e. The van der Waals surface area contributed by atoms with Crippen molar-refractivity contribution in [2.24, 2.45) is 0 Å². The van der Waals surface area contributed by atoms with Gasteiger partial charge in [0, 0.05) is 6.42 Å². The predicted molar refractivity (Wildman–Crippen MR) is 191 cm³/mol. The van der Waals surface area contributed by atoms with Crippen LogP contribution in [-0.2, 0) is 18.4 Å². The number of hydrogen-bond acceptors (Lipinski definition) is 6. The number of carbonyl (C=O) groups excluding carboxylic acids is 1. The SMILES string of the molecule is CCC/C=C\C/C=C\CCCCCCCC(=O)NC(COP(=O)([O-])OCC[N+](C)(C)C)C(O)/C=C/CC/C=C/CC/C=C/CCC. The Kier molecular flexibility index (Phi) is 28.2. The summed E-state index contributed by atoms with van der Waals surface area (Å²) in [7, 11) is 1.21. The molecule has 0 aromatic heterocycles. The van der Waals surface area contributed by atoms with E-state index in [9.17, 15) is 19.4 Å². The van der Waals surface area contributed by atoms with Crippen LogP contribution in [0.3, 0.4) is 0 Å². The third-order valence-corrected chi connectivity index (χ3v) is 8.10. The van der Waals surface area contributed by atoms with E-state index in [1.54, 1.807) is 6.08 Å². The molecular weight excluding hydrogens is 599 g/mol. The number of nitrogens with zero attached hydrogens (tertiary/aromatic N) is 1. The quantitative estimate of drug-likeness (QED) is 0.0347. The number of aliphatic hydroxyl groups excluding tert-OH is 1. The Hall–Kier alpha value is -1.80. The molecule has 0 radical (unpaired) electrons. The molecule has 0 aliphatic rings. The van der Waals surface area contributed by atoms with Gasteiger partial charge in [0.1, 0.15) is 13.2 Å². The van der Waals surface area contributed by atoms with Crippen LogP contribution < -0.4 is 10.2 Å². The highest BCUT2D eigenvalue weighted by Crippen LogP contribution is 2.38. The molecule has 1 amide bonds. The summed E-state index contributed by atoms with van der Waals surface area (Å²) in [4.78, 5) is 25.1. The molecule has 0 spiro atoms. The molecule has 0 saturated carbocycles. The second-order valence-corrected chi connectivity index (χ2v) is 14.3. The van der Waals surface area contributed by atoms with Gasteiger partial charge in [-0.1, -0.05) is 107 Å². The van der Waals surface area contributed by atoms with E-state index in [0.29, 0.717) is 17.4 Å². The maximum Gasteiger partial charge on any atom is 0.268 e. The highest BCUT2D eigenvalue weighted by atomic mass is 31.2. The van der Waals surface area contributed by atoms with Crippen molar-refractivity contribution in [2.75, 3.05) is 40.9 Å². The van der Waals surface area contributed by atoms with Crippen LogP contribution in [0.15, 0.2) is 60.8 Å². The van der Waals surface area contributed by atoms with Crippen LogP contribution in [0.25, 0.3) is 0 Å². The van der Waals surface area contributed by atoms with E-state index in [1.165, 1.54) is 12.8 Å². The Bertz CT molecular complexity index is 939. The van der Waals surface area contributed by atoms with Crippen LogP contribution in [0.5, 0.6) is 0 Å². The topological polar surface area (TPSA) is 108 Å². The highest BCUT2D eigenvalue weighted by Gasteiger charge is 2.23. The average molecular weight is 667 g/mol. The van der Waals surface area contributed by atoms with Gasteiger partial charge in [0.2, 0.25) is 5.91 Å². The van der Waals surface area contributed by atoms with Gasteiger partial charge in [-0.2, -0.15) is 0 Å². The Balaban J connectivity index is 4.69. The molecule has 0 rings (SSSR count). The Morgan fingerprint density at radius 3 is 1.89 bits per heavy atom. The minimum atomic E-state index is -4.59. The van der Waals surface area contributed by atoms with Crippen molar-refractivity contribution in [3.05, 3.63) is 60.8 Å². The number of carbonyl (C=O) groups is 1. The van der Waals surface area contributed by atoms with Gasteiger partial charge in [0.25, 0.3) is 7.82 Å². The molecule has 0 aromatic rings. The molecule has 3 atom stereocenters. The normalized spacial score (nSPS) is 15.5. The molecule has 0 fully saturated rings. The molecule has 9 heteroatoms. The number of hydrogen-bond donors (Lipinski definition) is 2. The van der Waals surface area contributed by atoms with Gasteiger partial charge in [-0.15, -0.1) is 0 Å². The van der Waals surface area contributed by atoms with Gasteiger partial charge in [-0.3, -0.25) is 9.36 Å². The first-order chi connectivity index (χ1) is 22.0. The van der Waals surface area contributed by atoms with Crippen molar-refractivity contribution in [1.29, 1.82) is 0 Å². The lowest BCUT2D eigenvalue weighted by molar-refractivity contribution is -0.870. The first-order valence-electron chi connectivity index (χ1n) is 17.7. The van der Waals surface area contributed by atoms with Gasteiger partial charge in [-0.05, 0) is 64.2 Å². The summed E-state index contributed by atoms with van der Waals surface area (Å²) < 4.78 is 23.0. The Labute approximate surface area is 281 Å². The molecule has 3 unspecified atom stereocenters. The number of allylic oxidation sites excluding steroid dienone is 9. The van der Waals surface area contributed by atoms with Crippen molar-refractivity contribution in [1.82, 2.24) is 5.32 Å². The van der Waals surface area contributed by atoms with Crippen molar-refractivity contribution in [3.63, 3.8) is 0 Å². The van der Waals surface area contributed by atoms with Gasteiger partial charge in [0.05, 0.1) is 39.9 Å². The number of aliphatic hydroxyl groups is 1. The molecule has 0 bridgehead atoms. The molecule has 0 heterocycles. The van der Waals surface area contributed by atoms with E-state index in [0.717, 1.165) is 83.5 Å². The van der Waals surface area contributed by atoms with E-state index in [4.69, 9.17) is 9.05 Å². The van der Waals surface area contributed by atoms with E-state index < -0.39 is 26.6 Å². The van der Waals surface area contributed by atoms with Gasteiger partial charge >= 0.3 is 0 Å². The zero-order chi connectivity index (χ0) is 34.4. The lowest BCUT2D eigenvalue weighted by atomic mass is 10.1. The molecule has 2 N–H and O–H groups in total. The van der Waals surface area contributed by atoms with Crippen molar-refractivity contribution < 1.29 is 32.9 Å². The summed E-state index contributed by atoms with van der Waals surface area (Å²) in [6, 6.07) is -0.915.